The first-order chi connectivity index (χ1) is 11.0. The zero-order chi connectivity index (χ0) is 16.4. The summed E-state index contributed by atoms with van der Waals surface area (Å²) in [4.78, 5) is 13.4. The maximum atomic E-state index is 12.7. The average molecular weight is 338 g/mol. The summed E-state index contributed by atoms with van der Waals surface area (Å²) in [6, 6.07) is 6.05. The molecule has 0 spiro atoms. The molecule has 1 aromatic rings. The fourth-order valence-electron chi connectivity index (χ4n) is 3.50. The van der Waals surface area contributed by atoms with Gasteiger partial charge in [-0.15, -0.1) is 0 Å². The van der Waals surface area contributed by atoms with Crippen LogP contribution in [0.15, 0.2) is 29.2 Å². The van der Waals surface area contributed by atoms with Gasteiger partial charge in [-0.2, -0.15) is 4.31 Å². The lowest BCUT2D eigenvalue weighted by Gasteiger charge is -2.37. The van der Waals surface area contributed by atoms with E-state index in [1.807, 2.05) is 0 Å². The largest absolute Gasteiger partial charge is 0.478 e. The summed E-state index contributed by atoms with van der Waals surface area (Å²) in [6.45, 7) is 2.55. The van der Waals surface area contributed by atoms with Crippen LogP contribution >= 0.6 is 0 Å². The molecule has 7 heteroatoms. The summed E-state index contributed by atoms with van der Waals surface area (Å²) in [5, 5.41) is 8.89. The normalized spacial score (nSPS) is 21.6. The molecule has 126 valence electrons. The van der Waals surface area contributed by atoms with Gasteiger partial charge in [0.15, 0.2) is 0 Å². The van der Waals surface area contributed by atoms with Gasteiger partial charge < -0.3 is 5.11 Å². The maximum absolute atomic E-state index is 12.7. The Morgan fingerprint density at radius 3 is 2.09 bits per heavy atom. The summed E-state index contributed by atoms with van der Waals surface area (Å²) < 4.78 is 26.8. The topological polar surface area (TPSA) is 77.9 Å². The number of carbonyl (C=O) groups is 1. The lowest BCUT2D eigenvalue weighted by Crippen LogP contribution is -2.51. The molecule has 6 nitrogen and oxygen atoms in total. The summed E-state index contributed by atoms with van der Waals surface area (Å²) in [7, 11) is -3.54. The smallest absolute Gasteiger partial charge is 0.335 e. The Kier molecular flexibility index (Phi) is 4.70. The van der Waals surface area contributed by atoms with Gasteiger partial charge in [-0.1, -0.05) is 12.8 Å². The molecule has 1 N–H and O–H groups in total. The number of piperazine rings is 1. The van der Waals surface area contributed by atoms with Crippen LogP contribution < -0.4 is 0 Å². The highest BCUT2D eigenvalue weighted by atomic mass is 32.2. The summed E-state index contributed by atoms with van der Waals surface area (Å²) >= 11 is 0. The van der Waals surface area contributed by atoms with Crippen LogP contribution in [0.2, 0.25) is 0 Å². The minimum absolute atomic E-state index is 0.0926. The van der Waals surface area contributed by atoms with Crippen LogP contribution in [-0.2, 0) is 10.0 Å². The lowest BCUT2D eigenvalue weighted by molar-refractivity contribution is 0.0696. The molecular formula is C16H22N2O4S. The van der Waals surface area contributed by atoms with Crippen molar-refractivity contribution in [3.63, 3.8) is 0 Å². The highest BCUT2D eigenvalue weighted by Gasteiger charge is 2.31. The van der Waals surface area contributed by atoms with E-state index in [4.69, 9.17) is 5.11 Å². The molecule has 0 atom stereocenters. The van der Waals surface area contributed by atoms with Crippen molar-refractivity contribution in [1.29, 1.82) is 0 Å². The molecule has 1 saturated heterocycles. The second kappa shape index (κ2) is 6.59. The summed E-state index contributed by atoms with van der Waals surface area (Å²) in [6.07, 6.45) is 5.00. The highest BCUT2D eigenvalue weighted by Crippen LogP contribution is 2.26. The fourth-order valence-corrected chi connectivity index (χ4v) is 4.92. The molecule has 1 aromatic carbocycles. The minimum atomic E-state index is -3.54. The second-order valence-electron chi connectivity index (χ2n) is 6.21. The van der Waals surface area contributed by atoms with E-state index in [-0.39, 0.29) is 10.5 Å². The first kappa shape index (κ1) is 16.4. The standard InChI is InChI=1S/C16H22N2O4S/c19-16(20)13-5-7-15(8-6-13)23(21,22)18-11-9-17(10-12-18)14-3-1-2-4-14/h5-8,14H,1-4,9-12H2,(H,19,20). The van der Waals surface area contributed by atoms with Gasteiger partial charge in [-0.05, 0) is 37.1 Å². The highest BCUT2D eigenvalue weighted by molar-refractivity contribution is 7.89. The van der Waals surface area contributed by atoms with Crippen LogP contribution in [0.25, 0.3) is 0 Å². The van der Waals surface area contributed by atoms with Crippen molar-refractivity contribution in [3.8, 4) is 0 Å². The molecule has 0 bridgehead atoms. The Morgan fingerprint density at radius 2 is 1.57 bits per heavy atom. The van der Waals surface area contributed by atoms with Crippen molar-refractivity contribution in [2.24, 2.45) is 0 Å². The molecule has 2 fully saturated rings. The number of hydrogen-bond acceptors (Lipinski definition) is 4. The number of hydrogen-bond donors (Lipinski definition) is 1. The summed E-state index contributed by atoms with van der Waals surface area (Å²) in [5.74, 6) is -1.06. The SMILES string of the molecule is O=C(O)c1ccc(S(=O)(=O)N2CCN(C3CCCC3)CC2)cc1. The van der Waals surface area contributed by atoms with Crippen LogP contribution in [0.4, 0.5) is 0 Å². The molecule has 3 rings (SSSR count). The third-order valence-electron chi connectivity index (χ3n) is 4.85. The van der Waals surface area contributed by atoms with E-state index < -0.39 is 16.0 Å². The zero-order valence-corrected chi connectivity index (χ0v) is 13.8. The Morgan fingerprint density at radius 1 is 1.00 bits per heavy atom. The molecule has 1 aliphatic heterocycles. The molecule has 1 aliphatic carbocycles. The van der Waals surface area contributed by atoms with Crippen LogP contribution in [0.3, 0.4) is 0 Å². The van der Waals surface area contributed by atoms with Crippen LogP contribution in [0.1, 0.15) is 36.0 Å². The number of sulfonamides is 1. The quantitative estimate of drug-likeness (QED) is 0.903. The maximum Gasteiger partial charge on any atom is 0.335 e. The number of benzene rings is 1. The van der Waals surface area contributed by atoms with Crippen molar-refractivity contribution >= 4 is 16.0 Å². The molecule has 0 amide bonds. The third kappa shape index (κ3) is 3.41. The predicted octanol–water partition coefficient (Wildman–Crippen LogP) is 1.63. The predicted molar refractivity (Wildman–Crippen MR) is 86.0 cm³/mol. The first-order valence-corrected chi connectivity index (χ1v) is 9.50. The van der Waals surface area contributed by atoms with E-state index in [0.29, 0.717) is 19.1 Å². The van der Waals surface area contributed by atoms with E-state index in [1.54, 1.807) is 0 Å². The Bertz CT molecular complexity index is 658. The third-order valence-corrected chi connectivity index (χ3v) is 6.77. The van der Waals surface area contributed by atoms with E-state index in [9.17, 15) is 13.2 Å². The van der Waals surface area contributed by atoms with E-state index in [2.05, 4.69) is 4.90 Å². The van der Waals surface area contributed by atoms with Crippen molar-refractivity contribution in [1.82, 2.24) is 9.21 Å². The van der Waals surface area contributed by atoms with Gasteiger partial charge in [0.05, 0.1) is 10.5 Å². The first-order valence-electron chi connectivity index (χ1n) is 8.06. The Hall–Kier alpha value is -1.44. The van der Waals surface area contributed by atoms with Crippen molar-refractivity contribution in [2.75, 3.05) is 26.2 Å². The molecule has 0 unspecified atom stereocenters. The molecule has 1 saturated carbocycles. The zero-order valence-electron chi connectivity index (χ0n) is 13.0. The van der Waals surface area contributed by atoms with Crippen molar-refractivity contribution in [2.45, 2.75) is 36.6 Å². The van der Waals surface area contributed by atoms with Crippen molar-refractivity contribution < 1.29 is 18.3 Å². The fraction of sp³-hybridized carbons (Fsp3) is 0.562. The number of aromatic carboxylic acids is 1. The Balaban J connectivity index is 1.67. The van der Waals surface area contributed by atoms with Gasteiger partial charge in [-0.3, -0.25) is 4.90 Å². The number of carboxylic acids is 1. The van der Waals surface area contributed by atoms with Gasteiger partial charge in [0.1, 0.15) is 0 Å². The van der Waals surface area contributed by atoms with Crippen LogP contribution in [0.5, 0.6) is 0 Å². The number of carboxylic acid groups (broad SMARTS) is 1. The van der Waals surface area contributed by atoms with E-state index in [1.165, 1.54) is 54.3 Å². The molecular weight excluding hydrogens is 316 g/mol. The molecule has 0 aromatic heterocycles. The van der Waals surface area contributed by atoms with Gasteiger partial charge in [0.25, 0.3) is 0 Å². The van der Waals surface area contributed by atoms with Gasteiger partial charge in [0, 0.05) is 32.2 Å². The number of rotatable bonds is 4. The van der Waals surface area contributed by atoms with Gasteiger partial charge >= 0.3 is 5.97 Å². The monoisotopic (exact) mass is 338 g/mol. The van der Waals surface area contributed by atoms with Gasteiger partial charge in [-0.25, -0.2) is 13.2 Å². The molecule has 0 radical (unpaired) electrons. The average Bonchev–Trinajstić information content (AvgIpc) is 3.09. The van der Waals surface area contributed by atoms with E-state index >= 15 is 0 Å². The minimum Gasteiger partial charge on any atom is -0.478 e. The molecule has 1 heterocycles. The van der Waals surface area contributed by atoms with E-state index in [0.717, 1.165) is 13.1 Å². The Labute approximate surface area is 136 Å². The van der Waals surface area contributed by atoms with Crippen LogP contribution in [0, 0.1) is 0 Å². The lowest BCUT2D eigenvalue weighted by atomic mass is 10.2. The second-order valence-corrected chi connectivity index (χ2v) is 8.15. The molecule has 23 heavy (non-hydrogen) atoms. The number of nitrogens with zero attached hydrogens (tertiary/aromatic N) is 2. The van der Waals surface area contributed by atoms with Crippen LogP contribution in [-0.4, -0.2) is 60.9 Å². The van der Waals surface area contributed by atoms with Crippen molar-refractivity contribution in [3.05, 3.63) is 29.8 Å². The summed E-state index contributed by atoms with van der Waals surface area (Å²) in [5.41, 5.74) is 0.0926. The van der Waals surface area contributed by atoms with Gasteiger partial charge in [0.2, 0.25) is 10.0 Å². The molecule has 2 aliphatic rings.